The van der Waals surface area contributed by atoms with Crippen LogP contribution in [0, 0.1) is 5.82 Å². The van der Waals surface area contributed by atoms with E-state index in [1.54, 1.807) is 0 Å². The quantitative estimate of drug-likeness (QED) is 0.609. The molecular formula is C11H7F7O2. The van der Waals surface area contributed by atoms with Crippen LogP contribution < -0.4 is 0 Å². The Morgan fingerprint density at radius 1 is 1.05 bits per heavy atom. The van der Waals surface area contributed by atoms with Gasteiger partial charge in [-0.3, -0.25) is 0 Å². The van der Waals surface area contributed by atoms with Gasteiger partial charge in [0.05, 0.1) is 23.3 Å². The van der Waals surface area contributed by atoms with Crippen molar-refractivity contribution in [3.8, 4) is 0 Å². The molecule has 20 heavy (non-hydrogen) atoms. The fourth-order valence-electron chi connectivity index (χ4n) is 1.41. The lowest BCUT2D eigenvalue weighted by atomic mass is 10.0. The van der Waals surface area contributed by atoms with Crippen LogP contribution in [-0.2, 0) is 17.1 Å². The lowest BCUT2D eigenvalue weighted by Crippen LogP contribution is -2.19. The third kappa shape index (κ3) is 3.40. The van der Waals surface area contributed by atoms with Gasteiger partial charge in [0.15, 0.2) is 0 Å². The third-order valence-corrected chi connectivity index (χ3v) is 2.21. The van der Waals surface area contributed by atoms with Gasteiger partial charge in [-0.25, -0.2) is 9.18 Å². The van der Waals surface area contributed by atoms with Gasteiger partial charge in [-0.15, -0.1) is 0 Å². The molecule has 112 valence electrons. The van der Waals surface area contributed by atoms with Crippen molar-refractivity contribution in [1.82, 2.24) is 0 Å². The first-order valence-corrected chi connectivity index (χ1v) is 5.13. The number of hydrogen-bond acceptors (Lipinski definition) is 2. The van der Waals surface area contributed by atoms with Gasteiger partial charge in [0.2, 0.25) is 0 Å². The van der Waals surface area contributed by atoms with Crippen LogP contribution >= 0.6 is 0 Å². The van der Waals surface area contributed by atoms with Crippen molar-refractivity contribution in [3.63, 3.8) is 0 Å². The number of benzene rings is 1. The molecule has 0 unspecified atom stereocenters. The van der Waals surface area contributed by atoms with Crippen molar-refractivity contribution in [2.45, 2.75) is 19.3 Å². The number of carbonyl (C=O) groups is 1. The van der Waals surface area contributed by atoms with E-state index in [2.05, 4.69) is 4.74 Å². The minimum absolute atomic E-state index is 0.198. The molecule has 0 heterocycles. The first kappa shape index (κ1) is 16.3. The van der Waals surface area contributed by atoms with Crippen LogP contribution in [0.5, 0.6) is 0 Å². The molecule has 0 radical (unpaired) electrons. The molecule has 1 rings (SSSR count). The SMILES string of the molecule is CCOC(=O)c1cc(C(F)(F)F)c(C(F)(F)F)cc1F. The zero-order chi connectivity index (χ0) is 15.7. The van der Waals surface area contributed by atoms with E-state index in [4.69, 9.17) is 0 Å². The van der Waals surface area contributed by atoms with Crippen molar-refractivity contribution in [2.24, 2.45) is 0 Å². The molecule has 0 bridgehead atoms. The highest BCUT2D eigenvalue weighted by molar-refractivity contribution is 5.90. The molecule has 0 aliphatic heterocycles. The van der Waals surface area contributed by atoms with Crippen molar-refractivity contribution < 1.29 is 40.3 Å². The van der Waals surface area contributed by atoms with E-state index >= 15 is 0 Å². The maximum atomic E-state index is 13.4. The molecule has 0 fully saturated rings. The molecule has 0 aromatic heterocycles. The van der Waals surface area contributed by atoms with Gasteiger partial charge in [-0.2, -0.15) is 26.3 Å². The minimum Gasteiger partial charge on any atom is -0.462 e. The highest BCUT2D eigenvalue weighted by Gasteiger charge is 2.44. The van der Waals surface area contributed by atoms with Gasteiger partial charge in [0, 0.05) is 0 Å². The molecule has 9 heteroatoms. The number of esters is 1. The Hall–Kier alpha value is -1.80. The number of ether oxygens (including phenoxy) is 1. The number of rotatable bonds is 2. The van der Waals surface area contributed by atoms with Crippen LogP contribution in [0.1, 0.15) is 28.4 Å². The van der Waals surface area contributed by atoms with Crippen molar-refractivity contribution in [2.75, 3.05) is 6.61 Å². The molecule has 0 atom stereocenters. The van der Waals surface area contributed by atoms with Gasteiger partial charge < -0.3 is 4.74 Å². The van der Waals surface area contributed by atoms with Gasteiger partial charge in [-0.05, 0) is 19.1 Å². The monoisotopic (exact) mass is 304 g/mol. The number of halogens is 7. The number of alkyl halides is 6. The summed E-state index contributed by atoms with van der Waals surface area (Å²) in [5.74, 6) is -3.20. The van der Waals surface area contributed by atoms with Gasteiger partial charge in [0.1, 0.15) is 5.82 Å². The largest absolute Gasteiger partial charge is 0.462 e. The molecule has 0 saturated heterocycles. The molecule has 1 aromatic rings. The summed E-state index contributed by atoms with van der Waals surface area (Å²) in [6.45, 7) is 1.05. The Kier molecular flexibility index (Phi) is 4.30. The zero-order valence-electron chi connectivity index (χ0n) is 9.82. The average molecular weight is 304 g/mol. The highest BCUT2D eigenvalue weighted by Crippen LogP contribution is 2.41. The van der Waals surface area contributed by atoms with Crippen molar-refractivity contribution in [3.05, 3.63) is 34.6 Å². The van der Waals surface area contributed by atoms with Crippen LogP contribution in [0.4, 0.5) is 30.7 Å². The normalized spacial score (nSPS) is 12.4. The molecule has 0 spiro atoms. The summed E-state index contributed by atoms with van der Waals surface area (Å²) in [4.78, 5) is 11.2. The molecule has 0 saturated carbocycles. The average Bonchev–Trinajstić information content (AvgIpc) is 2.25. The maximum absolute atomic E-state index is 13.4. The predicted octanol–water partition coefficient (Wildman–Crippen LogP) is 4.04. The smallest absolute Gasteiger partial charge is 0.417 e. The second-order valence-electron chi connectivity index (χ2n) is 3.59. The second-order valence-corrected chi connectivity index (χ2v) is 3.59. The first-order valence-electron chi connectivity index (χ1n) is 5.13. The Bertz CT molecular complexity index is 517. The van der Waals surface area contributed by atoms with E-state index in [0.29, 0.717) is 0 Å². The Labute approximate surface area is 108 Å². The van der Waals surface area contributed by atoms with E-state index in [9.17, 15) is 35.5 Å². The summed E-state index contributed by atoms with van der Waals surface area (Å²) in [5, 5.41) is 0. The van der Waals surface area contributed by atoms with Gasteiger partial charge in [0.25, 0.3) is 0 Å². The van der Waals surface area contributed by atoms with E-state index in [1.807, 2.05) is 0 Å². The van der Waals surface area contributed by atoms with Crippen LogP contribution in [0.25, 0.3) is 0 Å². The first-order chi connectivity index (χ1) is 8.98. The molecule has 0 N–H and O–H groups in total. The third-order valence-electron chi connectivity index (χ3n) is 2.21. The van der Waals surface area contributed by atoms with Crippen LogP contribution in [0.15, 0.2) is 12.1 Å². The Morgan fingerprint density at radius 2 is 1.50 bits per heavy atom. The van der Waals surface area contributed by atoms with Crippen LogP contribution in [0.3, 0.4) is 0 Å². The topological polar surface area (TPSA) is 26.3 Å². The van der Waals surface area contributed by atoms with E-state index < -0.39 is 40.8 Å². The van der Waals surface area contributed by atoms with E-state index in [0.717, 1.165) is 0 Å². The molecular weight excluding hydrogens is 297 g/mol. The molecule has 1 aromatic carbocycles. The zero-order valence-corrected chi connectivity index (χ0v) is 9.82. The minimum atomic E-state index is -5.40. The second kappa shape index (κ2) is 5.29. The van der Waals surface area contributed by atoms with Gasteiger partial charge in [-0.1, -0.05) is 0 Å². The van der Waals surface area contributed by atoms with Crippen molar-refractivity contribution in [1.29, 1.82) is 0 Å². The van der Waals surface area contributed by atoms with E-state index in [1.165, 1.54) is 6.92 Å². The van der Waals surface area contributed by atoms with Crippen LogP contribution in [0.2, 0.25) is 0 Å². The molecule has 0 aliphatic rings. The molecule has 2 nitrogen and oxygen atoms in total. The summed E-state index contributed by atoms with van der Waals surface area (Å²) in [6.07, 6.45) is -10.8. The number of carbonyl (C=O) groups excluding carboxylic acids is 1. The fraction of sp³-hybridized carbons (Fsp3) is 0.364. The lowest BCUT2D eigenvalue weighted by molar-refractivity contribution is -0.162. The summed E-state index contributed by atoms with van der Waals surface area (Å²) in [5.41, 5.74) is -5.54. The predicted molar refractivity (Wildman–Crippen MR) is 52.4 cm³/mol. The Balaban J connectivity index is 3.53. The summed E-state index contributed by atoms with van der Waals surface area (Å²) in [6, 6.07) is -0.564. The molecule has 0 aliphatic carbocycles. The summed E-state index contributed by atoms with van der Waals surface area (Å²) >= 11 is 0. The standard InChI is InChI=1S/C11H7F7O2/c1-2-20-9(19)5-3-6(10(13,14)15)7(4-8(5)12)11(16,17)18/h3-4H,2H2,1H3. The molecule has 0 amide bonds. The fourth-order valence-corrected chi connectivity index (χ4v) is 1.41. The summed E-state index contributed by atoms with van der Waals surface area (Å²) in [7, 11) is 0. The van der Waals surface area contributed by atoms with Crippen molar-refractivity contribution >= 4 is 5.97 Å². The van der Waals surface area contributed by atoms with Gasteiger partial charge >= 0.3 is 18.3 Å². The lowest BCUT2D eigenvalue weighted by Gasteiger charge is -2.16. The highest BCUT2D eigenvalue weighted by atomic mass is 19.4. The van der Waals surface area contributed by atoms with E-state index in [-0.39, 0.29) is 18.7 Å². The number of hydrogen-bond donors (Lipinski definition) is 0. The Morgan fingerprint density at radius 3 is 1.90 bits per heavy atom. The summed E-state index contributed by atoms with van der Waals surface area (Å²) < 4.78 is 92.7. The maximum Gasteiger partial charge on any atom is 0.417 e. The van der Waals surface area contributed by atoms with Crippen LogP contribution in [-0.4, -0.2) is 12.6 Å².